The fourth-order valence-corrected chi connectivity index (χ4v) is 2.96. The Morgan fingerprint density at radius 3 is 2.92 bits per heavy atom. The zero-order chi connectivity index (χ0) is 18.2. The molecule has 0 bridgehead atoms. The van der Waals surface area contributed by atoms with E-state index in [1.807, 2.05) is 42.6 Å². The van der Waals surface area contributed by atoms with Gasteiger partial charge in [-0.05, 0) is 42.2 Å². The number of nitrogens with one attached hydrogen (secondary N) is 2. The number of rotatable bonds is 9. The molecule has 0 fully saturated rings. The summed E-state index contributed by atoms with van der Waals surface area (Å²) in [6.45, 7) is 3.40. The van der Waals surface area contributed by atoms with Gasteiger partial charge in [0.05, 0.1) is 6.61 Å². The van der Waals surface area contributed by atoms with E-state index < -0.39 is 0 Å². The molecule has 0 aliphatic carbocycles. The topological polar surface area (TPSA) is 54.1 Å². The van der Waals surface area contributed by atoms with Crippen molar-refractivity contribution in [2.24, 2.45) is 0 Å². The zero-order valence-electron chi connectivity index (χ0n) is 15.3. The lowest BCUT2D eigenvalue weighted by Crippen LogP contribution is -2.23. The van der Waals surface area contributed by atoms with Crippen LogP contribution in [0.2, 0.25) is 0 Å². The number of aryl methyl sites for hydroxylation is 1. The van der Waals surface area contributed by atoms with E-state index in [-0.39, 0.29) is 5.91 Å². The summed E-state index contributed by atoms with van der Waals surface area (Å²) in [5, 5.41) is 4.19. The summed E-state index contributed by atoms with van der Waals surface area (Å²) in [5.74, 6) is 0.927. The number of unbranched alkanes of at least 4 members (excludes halogenated alkanes) is 1. The Balaban J connectivity index is 1.47. The molecule has 1 amide bonds. The highest BCUT2D eigenvalue weighted by Gasteiger charge is 2.07. The molecule has 0 aliphatic rings. The van der Waals surface area contributed by atoms with Crippen molar-refractivity contribution in [3.05, 3.63) is 65.9 Å². The first-order valence-electron chi connectivity index (χ1n) is 9.29. The van der Waals surface area contributed by atoms with Gasteiger partial charge in [0, 0.05) is 30.1 Å². The Kier molecular flexibility index (Phi) is 6.31. The van der Waals surface area contributed by atoms with Crippen molar-refractivity contribution in [3.63, 3.8) is 0 Å². The maximum absolute atomic E-state index is 12.2. The van der Waals surface area contributed by atoms with Crippen molar-refractivity contribution in [2.75, 3.05) is 6.61 Å². The average Bonchev–Trinajstić information content (AvgIpc) is 3.08. The first-order chi connectivity index (χ1) is 12.8. The maximum atomic E-state index is 12.2. The molecule has 0 unspecified atom stereocenters. The number of ether oxygens (including phenoxy) is 1. The van der Waals surface area contributed by atoms with Gasteiger partial charge in [0.2, 0.25) is 5.91 Å². The molecule has 0 saturated carbocycles. The van der Waals surface area contributed by atoms with E-state index in [1.165, 1.54) is 10.9 Å². The number of benzene rings is 2. The lowest BCUT2D eigenvalue weighted by atomic mass is 10.1. The summed E-state index contributed by atoms with van der Waals surface area (Å²) < 4.78 is 5.72. The number of carbonyl (C=O) groups excluding carboxylic acids is 1. The summed E-state index contributed by atoms with van der Waals surface area (Å²) in [4.78, 5) is 15.4. The minimum Gasteiger partial charge on any atom is -0.494 e. The monoisotopic (exact) mass is 350 g/mol. The molecular formula is C22H26N2O2. The Bertz CT molecular complexity index is 854. The molecule has 0 radical (unpaired) electrons. The lowest BCUT2D eigenvalue weighted by molar-refractivity contribution is -0.121. The second kappa shape index (κ2) is 9.09. The van der Waals surface area contributed by atoms with Crippen LogP contribution in [-0.4, -0.2) is 17.5 Å². The van der Waals surface area contributed by atoms with E-state index in [0.717, 1.165) is 42.7 Å². The summed E-state index contributed by atoms with van der Waals surface area (Å²) >= 11 is 0. The van der Waals surface area contributed by atoms with Gasteiger partial charge in [0.25, 0.3) is 0 Å². The molecule has 0 spiro atoms. The number of aromatic nitrogens is 1. The highest BCUT2D eigenvalue weighted by Crippen LogP contribution is 2.19. The van der Waals surface area contributed by atoms with Crippen molar-refractivity contribution in [3.8, 4) is 5.75 Å². The third kappa shape index (κ3) is 4.88. The molecule has 4 heteroatoms. The van der Waals surface area contributed by atoms with E-state index in [4.69, 9.17) is 4.74 Å². The predicted octanol–water partition coefficient (Wildman–Crippen LogP) is 4.60. The quantitative estimate of drug-likeness (QED) is 0.554. The maximum Gasteiger partial charge on any atom is 0.220 e. The number of hydrogen-bond acceptors (Lipinski definition) is 2. The zero-order valence-corrected chi connectivity index (χ0v) is 15.3. The molecule has 3 rings (SSSR count). The number of aromatic amines is 1. The molecule has 0 atom stereocenters. The lowest BCUT2D eigenvalue weighted by Gasteiger charge is -2.09. The van der Waals surface area contributed by atoms with Gasteiger partial charge in [-0.15, -0.1) is 0 Å². The number of H-pyrrole nitrogens is 1. The number of hydrogen-bond donors (Lipinski definition) is 2. The van der Waals surface area contributed by atoms with Crippen LogP contribution in [0.15, 0.2) is 54.7 Å². The normalized spacial score (nSPS) is 10.8. The van der Waals surface area contributed by atoms with Crippen LogP contribution in [0, 0.1) is 0 Å². The largest absolute Gasteiger partial charge is 0.494 e. The molecule has 1 aromatic heterocycles. The molecular weight excluding hydrogens is 324 g/mol. The SMILES string of the molecule is CCCCOc1cccc(CNC(=O)CCc2c[nH]c3ccccc23)c1. The standard InChI is InChI=1S/C22H26N2O2/c1-2-3-13-26-19-8-6-7-17(14-19)15-24-22(25)12-11-18-16-23-21-10-5-4-9-20(18)21/h4-10,14,16,23H,2-3,11-13,15H2,1H3,(H,24,25). The second-order valence-corrected chi connectivity index (χ2v) is 6.49. The summed E-state index contributed by atoms with van der Waals surface area (Å²) in [6.07, 6.45) is 5.38. The highest BCUT2D eigenvalue weighted by atomic mass is 16.5. The number of amides is 1. The van der Waals surface area contributed by atoms with Crippen molar-refractivity contribution < 1.29 is 9.53 Å². The van der Waals surface area contributed by atoms with Crippen LogP contribution in [0.5, 0.6) is 5.75 Å². The van der Waals surface area contributed by atoms with E-state index >= 15 is 0 Å². The minimum absolute atomic E-state index is 0.0626. The van der Waals surface area contributed by atoms with Crippen LogP contribution in [0.1, 0.15) is 37.3 Å². The van der Waals surface area contributed by atoms with Crippen LogP contribution in [0.25, 0.3) is 10.9 Å². The summed E-state index contributed by atoms with van der Waals surface area (Å²) in [5.41, 5.74) is 3.35. The fourth-order valence-electron chi connectivity index (χ4n) is 2.96. The molecule has 3 aromatic rings. The van der Waals surface area contributed by atoms with Gasteiger partial charge in [0.1, 0.15) is 5.75 Å². The van der Waals surface area contributed by atoms with E-state index in [2.05, 4.69) is 29.4 Å². The Labute approximate surface area is 154 Å². The van der Waals surface area contributed by atoms with Crippen molar-refractivity contribution in [1.29, 1.82) is 0 Å². The first kappa shape index (κ1) is 18.1. The van der Waals surface area contributed by atoms with E-state index in [0.29, 0.717) is 13.0 Å². The smallest absolute Gasteiger partial charge is 0.220 e. The van der Waals surface area contributed by atoms with Crippen molar-refractivity contribution in [2.45, 2.75) is 39.2 Å². The Morgan fingerprint density at radius 2 is 2.04 bits per heavy atom. The molecule has 2 aromatic carbocycles. The van der Waals surface area contributed by atoms with Gasteiger partial charge >= 0.3 is 0 Å². The van der Waals surface area contributed by atoms with Crippen LogP contribution in [-0.2, 0) is 17.8 Å². The fraction of sp³-hybridized carbons (Fsp3) is 0.318. The van der Waals surface area contributed by atoms with Gasteiger partial charge in [-0.2, -0.15) is 0 Å². The average molecular weight is 350 g/mol. The predicted molar refractivity (Wildman–Crippen MR) is 105 cm³/mol. The van der Waals surface area contributed by atoms with Gasteiger partial charge in [-0.3, -0.25) is 4.79 Å². The van der Waals surface area contributed by atoms with Crippen LogP contribution < -0.4 is 10.1 Å². The van der Waals surface area contributed by atoms with Crippen molar-refractivity contribution in [1.82, 2.24) is 10.3 Å². The first-order valence-corrected chi connectivity index (χ1v) is 9.29. The van der Waals surface area contributed by atoms with Crippen LogP contribution >= 0.6 is 0 Å². The number of carbonyl (C=O) groups is 1. The van der Waals surface area contributed by atoms with Crippen LogP contribution in [0.4, 0.5) is 0 Å². The minimum atomic E-state index is 0.0626. The Hall–Kier alpha value is -2.75. The molecule has 136 valence electrons. The molecule has 0 aliphatic heterocycles. The second-order valence-electron chi connectivity index (χ2n) is 6.49. The van der Waals surface area contributed by atoms with Crippen molar-refractivity contribution >= 4 is 16.8 Å². The molecule has 0 saturated heterocycles. The third-order valence-corrected chi connectivity index (χ3v) is 4.45. The third-order valence-electron chi connectivity index (χ3n) is 4.45. The molecule has 26 heavy (non-hydrogen) atoms. The van der Waals surface area contributed by atoms with Gasteiger partial charge in [-0.25, -0.2) is 0 Å². The van der Waals surface area contributed by atoms with E-state index in [1.54, 1.807) is 0 Å². The number of para-hydroxylation sites is 1. The van der Waals surface area contributed by atoms with Gasteiger partial charge in [0.15, 0.2) is 0 Å². The molecule has 2 N–H and O–H groups in total. The van der Waals surface area contributed by atoms with Gasteiger partial charge < -0.3 is 15.0 Å². The summed E-state index contributed by atoms with van der Waals surface area (Å²) in [7, 11) is 0. The van der Waals surface area contributed by atoms with E-state index in [9.17, 15) is 4.79 Å². The molecule has 4 nitrogen and oxygen atoms in total. The molecule has 1 heterocycles. The highest BCUT2D eigenvalue weighted by molar-refractivity contribution is 5.84. The summed E-state index contributed by atoms with van der Waals surface area (Å²) in [6, 6.07) is 16.1. The Morgan fingerprint density at radius 1 is 1.15 bits per heavy atom. The van der Waals surface area contributed by atoms with Gasteiger partial charge in [-0.1, -0.05) is 43.7 Å². The van der Waals surface area contributed by atoms with Crippen LogP contribution in [0.3, 0.4) is 0 Å². The number of fused-ring (bicyclic) bond motifs is 1.